The molecule has 1 atom stereocenters. The molecule has 1 nitrogen and oxygen atoms in total. The quantitative estimate of drug-likeness (QED) is 0.657. The van der Waals surface area contributed by atoms with Crippen molar-refractivity contribution in [2.75, 3.05) is 7.05 Å². The van der Waals surface area contributed by atoms with E-state index in [1.165, 1.54) is 32.1 Å². The van der Waals surface area contributed by atoms with Crippen molar-refractivity contribution in [2.24, 2.45) is 5.92 Å². The van der Waals surface area contributed by atoms with Crippen LogP contribution in [0, 0.1) is 5.92 Å². The van der Waals surface area contributed by atoms with Gasteiger partial charge in [-0.05, 0) is 45.1 Å². The number of nitrogens with one attached hydrogen (secondary N) is 1. The van der Waals surface area contributed by atoms with Crippen molar-refractivity contribution >= 4 is 0 Å². The first kappa shape index (κ1) is 10.8. The van der Waals surface area contributed by atoms with Crippen LogP contribution in [0.4, 0.5) is 0 Å². The van der Waals surface area contributed by atoms with Crippen LogP contribution in [0.15, 0.2) is 11.6 Å². The van der Waals surface area contributed by atoms with Crippen LogP contribution in [0.1, 0.15) is 46.0 Å². The van der Waals surface area contributed by atoms with Gasteiger partial charge in [-0.1, -0.05) is 25.5 Å². The molecule has 0 radical (unpaired) electrons. The first-order valence-electron chi connectivity index (χ1n) is 5.60. The standard InChI is InChI=1S/C12H23N/c1-10(2)9-12(13-3)11-7-5-4-6-8-11/h7,10,12-13H,4-6,8-9H2,1-3H3. The van der Waals surface area contributed by atoms with Crippen molar-refractivity contribution in [2.45, 2.75) is 52.0 Å². The molecule has 0 spiro atoms. The van der Waals surface area contributed by atoms with E-state index in [0.717, 1.165) is 5.92 Å². The highest BCUT2D eigenvalue weighted by Crippen LogP contribution is 2.23. The first-order chi connectivity index (χ1) is 6.24. The largest absolute Gasteiger partial charge is 0.313 e. The van der Waals surface area contributed by atoms with Crippen molar-refractivity contribution in [3.8, 4) is 0 Å². The van der Waals surface area contributed by atoms with Crippen molar-refractivity contribution in [3.05, 3.63) is 11.6 Å². The molecular weight excluding hydrogens is 158 g/mol. The molecule has 1 N–H and O–H groups in total. The molecule has 0 aromatic carbocycles. The lowest BCUT2D eigenvalue weighted by Gasteiger charge is -2.24. The third-order valence-corrected chi connectivity index (χ3v) is 2.83. The Bertz CT molecular complexity index is 170. The van der Waals surface area contributed by atoms with Crippen LogP contribution in [-0.2, 0) is 0 Å². The lowest BCUT2D eigenvalue weighted by molar-refractivity contribution is 0.464. The molecule has 0 aromatic rings. The lowest BCUT2D eigenvalue weighted by Crippen LogP contribution is -2.29. The summed E-state index contributed by atoms with van der Waals surface area (Å²) in [5, 5.41) is 3.43. The van der Waals surface area contributed by atoms with Gasteiger partial charge in [0.25, 0.3) is 0 Å². The second-order valence-electron chi connectivity index (χ2n) is 4.50. The maximum Gasteiger partial charge on any atom is 0.0279 e. The zero-order chi connectivity index (χ0) is 9.68. The Morgan fingerprint density at radius 1 is 1.38 bits per heavy atom. The summed E-state index contributed by atoms with van der Waals surface area (Å²) >= 11 is 0. The van der Waals surface area contributed by atoms with E-state index < -0.39 is 0 Å². The van der Waals surface area contributed by atoms with Crippen LogP contribution >= 0.6 is 0 Å². The van der Waals surface area contributed by atoms with Crippen molar-refractivity contribution in [1.29, 1.82) is 0 Å². The SMILES string of the molecule is CNC(CC(C)C)C1=CCCCC1. The summed E-state index contributed by atoms with van der Waals surface area (Å²) in [6.07, 6.45) is 9.13. The van der Waals surface area contributed by atoms with Crippen molar-refractivity contribution in [3.63, 3.8) is 0 Å². The van der Waals surface area contributed by atoms with E-state index in [2.05, 4.69) is 32.3 Å². The minimum Gasteiger partial charge on any atom is -0.313 e. The number of hydrogen-bond donors (Lipinski definition) is 1. The highest BCUT2D eigenvalue weighted by Gasteiger charge is 2.15. The summed E-state index contributed by atoms with van der Waals surface area (Å²) in [6.45, 7) is 4.60. The summed E-state index contributed by atoms with van der Waals surface area (Å²) in [7, 11) is 2.09. The average Bonchev–Trinajstić information content (AvgIpc) is 2.15. The highest BCUT2D eigenvalue weighted by atomic mass is 14.9. The Morgan fingerprint density at radius 3 is 2.62 bits per heavy atom. The second kappa shape index (κ2) is 5.43. The van der Waals surface area contributed by atoms with E-state index in [1.807, 2.05) is 0 Å². The molecule has 1 heteroatoms. The normalized spacial score (nSPS) is 20.2. The Kier molecular flexibility index (Phi) is 4.51. The fourth-order valence-electron chi connectivity index (χ4n) is 2.11. The third kappa shape index (κ3) is 3.51. The molecule has 1 unspecified atom stereocenters. The summed E-state index contributed by atoms with van der Waals surface area (Å²) in [5.74, 6) is 0.792. The Labute approximate surface area is 82.6 Å². The molecule has 76 valence electrons. The summed E-state index contributed by atoms with van der Waals surface area (Å²) in [6, 6.07) is 0.639. The average molecular weight is 181 g/mol. The van der Waals surface area contributed by atoms with E-state index in [1.54, 1.807) is 5.57 Å². The first-order valence-corrected chi connectivity index (χ1v) is 5.60. The summed E-state index contributed by atoms with van der Waals surface area (Å²) < 4.78 is 0. The maximum absolute atomic E-state index is 3.43. The van der Waals surface area contributed by atoms with E-state index in [0.29, 0.717) is 6.04 Å². The summed E-state index contributed by atoms with van der Waals surface area (Å²) in [4.78, 5) is 0. The van der Waals surface area contributed by atoms with Gasteiger partial charge in [-0.15, -0.1) is 0 Å². The Balaban J connectivity index is 2.49. The predicted octanol–water partition coefficient (Wildman–Crippen LogP) is 3.12. The van der Waals surface area contributed by atoms with Crippen LogP contribution in [-0.4, -0.2) is 13.1 Å². The van der Waals surface area contributed by atoms with E-state index in [9.17, 15) is 0 Å². The molecule has 0 heterocycles. The van der Waals surface area contributed by atoms with E-state index in [4.69, 9.17) is 0 Å². The highest BCUT2D eigenvalue weighted by molar-refractivity contribution is 5.13. The van der Waals surface area contributed by atoms with Crippen LogP contribution in [0.2, 0.25) is 0 Å². The molecule has 0 saturated heterocycles. The van der Waals surface area contributed by atoms with Gasteiger partial charge in [-0.3, -0.25) is 0 Å². The second-order valence-corrected chi connectivity index (χ2v) is 4.50. The molecule has 1 aliphatic carbocycles. The topological polar surface area (TPSA) is 12.0 Å². The van der Waals surface area contributed by atoms with Gasteiger partial charge in [0.05, 0.1) is 0 Å². The van der Waals surface area contributed by atoms with Crippen LogP contribution in [0.25, 0.3) is 0 Å². The zero-order valence-corrected chi connectivity index (χ0v) is 9.27. The van der Waals surface area contributed by atoms with Gasteiger partial charge in [-0.2, -0.15) is 0 Å². The summed E-state index contributed by atoms with van der Waals surface area (Å²) in [5.41, 5.74) is 1.66. The van der Waals surface area contributed by atoms with Gasteiger partial charge < -0.3 is 5.32 Å². The molecule has 1 rings (SSSR count). The Morgan fingerprint density at radius 2 is 2.15 bits per heavy atom. The molecule has 13 heavy (non-hydrogen) atoms. The smallest absolute Gasteiger partial charge is 0.0279 e. The fraction of sp³-hybridized carbons (Fsp3) is 0.833. The minimum atomic E-state index is 0.639. The Hall–Kier alpha value is -0.300. The number of allylic oxidation sites excluding steroid dienone is 1. The van der Waals surface area contributed by atoms with Crippen molar-refractivity contribution in [1.82, 2.24) is 5.32 Å². The van der Waals surface area contributed by atoms with Crippen LogP contribution < -0.4 is 5.32 Å². The zero-order valence-electron chi connectivity index (χ0n) is 9.27. The number of rotatable bonds is 4. The minimum absolute atomic E-state index is 0.639. The molecule has 1 aliphatic rings. The van der Waals surface area contributed by atoms with Crippen LogP contribution in [0.5, 0.6) is 0 Å². The molecule has 0 fully saturated rings. The molecular formula is C12H23N. The molecule has 0 saturated carbocycles. The fourth-order valence-corrected chi connectivity index (χ4v) is 2.11. The van der Waals surface area contributed by atoms with Crippen LogP contribution in [0.3, 0.4) is 0 Å². The predicted molar refractivity (Wildman–Crippen MR) is 58.9 cm³/mol. The van der Waals surface area contributed by atoms with Gasteiger partial charge in [0.2, 0.25) is 0 Å². The van der Waals surface area contributed by atoms with E-state index in [-0.39, 0.29) is 0 Å². The molecule has 0 amide bonds. The third-order valence-electron chi connectivity index (χ3n) is 2.83. The lowest BCUT2D eigenvalue weighted by atomic mass is 9.89. The van der Waals surface area contributed by atoms with Gasteiger partial charge in [-0.25, -0.2) is 0 Å². The monoisotopic (exact) mass is 181 g/mol. The van der Waals surface area contributed by atoms with Crippen molar-refractivity contribution < 1.29 is 0 Å². The van der Waals surface area contributed by atoms with Gasteiger partial charge in [0, 0.05) is 6.04 Å². The van der Waals surface area contributed by atoms with E-state index >= 15 is 0 Å². The molecule has 0 aromatic heterocycles. The number of hydrogen-bond acceptors (Lipinski definition) is 1. The molecule has 0 bridgehead atoms. The maximum atomic E-state index is 3.43. The number of likely N-dealkylation sites (N-methyl/N-ethyl adjacent to an activating group) is 1. The van der Waals surface area contributed by atoms with Gasteiger partial charge in [0.1, 0.15) is 0 Å². The van der Waals surface area contributed by atoms with Gasteiger partial charge in [0.15, 0.2) is 0 Å². The molecule has 0 aliphatic heterocycles. The van der Waals surface area contributed by atoms with Gasteiger partial charge >= 0.3 is 0 Å².